The van der Waals surface area contributed by atoms with E-state index in [1.54, 1.807) is 25.1 Å². The molecule has 3 rings (SSSR count). The standard InChI is InChI=1S/C19H18N4O3S/c1-3-12-22-16-10-6-4-8-14(16)21-19(22)27-13(2)18(24)20-15-9-5-7-11-17(15)23(25)26/h3-11,13H,1,12H2,2H3,(H,20,24). The van der Waals surface area contributed by atoms with Gasteiger partial charge >= 0.3 is 0 Å². The van der Waals surface area contributed by atoms with Gasteiger partial charge < -0.3 is 9.88 Å². The fourth-order valence-corrected chi connectivity index (χ4v) is 3.57. The van der Waals surface area contributed by atoms with Crippen molar-refractivity contribution in [3.63, 3.8) is 0 Å². The van der Waals surface area contributed by atoms with Crippen molar-refractivity contribution in [2.24, 2.45) is 0 Å². The first-order valence-corrected chi connectivity index (χ1v) is 9.16. The second-order valence-electron chi connectivity index (χ2n) is 5.81. The van der Waals surface area contributed by atoms with Gasteiger partial charge in [-0.3, -0.25) is 14.9 Å². The van der Waals surface area contributed by atoms with Crippen molar-refractivity contribution in [1.82, 2.24) is 9.55 Å². The Morgan fingerprint density at radius 3 is 2.78 bits per heavy atom. The number of carbonyl (C=O) groups is 1. The molecule has 0 spiro atoms. The van der Waals surface area contributed by atoms with Gasteiger partial charge in [-0.25, -0.2) is 4.98 Å². The minimum Gasteiger partial charge on any atom is -0.319 e. The van der Waals surface area contributed by atoms with Crippen molar-refractivity contribution in [2.75, 3.05) is 5.32 Å². The van der Waals surface area contributed by atoms with Gasteiger partial charge in [-0.15, -0.1) is 6.58 Å². The summed E-state index contributed by atoms with van der Waals surface area (Å²) in [7, 11) is 0. The van der Waals surface area contributed by atoms with E-state index < -0.39 is 10.2 Å². The number of amides is 1. The maximum absolute atomic E-state index is 12.6. The third kappa shape index (κ3) is 4.01. The topological polar surface area (TPSA) is 90.1 Å². The van der Waals surface area contributed by atoms with Crippen molar-refractivity contribution in [3.8, 4) is 0 Å². The van der Waals surface area contributed by atoms with Gasteiger partial charge in [0.05, 0.1) is 21.2 Å². The van der Waals surface area contributed by atoms with Crippen molar-refractivity contribution in [1.29, 1.82) is 0 Å². The smallest absolute Gasteiger partial charge is 0.292 e. The first kappa shape index (κ1) is 18.7. The van der Waals surface area contributed by atoms with Gasteiger partial charge in [0.25, 0.3) is 5.69 Å². The number of fused-ring (bicyclic) bond motifs is 1. The van der Waals surface area contributed by atoms with E-state index in [0.717, 1.165) is 11.0 Å². The fourth-order valence-electron chi connectivity index (χ4n) is 2.63. The Morgan fingerprint density at radius 1 is 1.33 bits per heavy atom. The zero-order valence-corrected chi connectivity index (χ0v) is 15.5. The van der Waals surface area contributed by atoms with E-state index in [4.69, 9.17) is 0 Å². The summed E-state index contributed by atoms with van der Waals surface area (Å²) >= 11 is 1.30. The maximum atomic E-state index is 12.6. The average molecular weight is 382 g/mol. The molecule has 1 aromatic heterocycles. The molecule has 138 valence electrons. The number of anilines is 1. The van der Waals surface area contributed by atoms with E-state index in [0.29, 0.717) is 11.7 Å². The number of rotatable bonds is 7. The fraction of sp³-hybridized carbons (Fsp3) is 0.158. The van der Waals surface area contributed by atoms with Crippen LogP contribution in [0.15, 0.2) is 66.3 Å². The van der Waals surface area contributed by atoms with Crippen LogP contribution >= 0.6 is 11.8 Å². The molecule has 0 fully saturated rings. The van der Waals surface area contributed by atoms with Crippen LogP contribution in [0.4, 0.5) is 11.4 Å². The highest BCUT2D eigenvalue weighted by molar-refractivity contribution is 8.00. The Balaban J connectivity index is 1.81. The second-order valence-corrected chi connectivity index (χ2v) is 7.11. The number of nitro benzene ring substituents is 1. The Labute approximate surface area is 160 Å². The number of nitrogens with one attached hydrogen (secondary N) is 1. The summed E-state index contributed by atoms with van der Waals surface area (Å²) in [6.45, 7) is 6.09. The van der Waals surface area contributed by atoms with Crippen LogP contribution in [-0.2, 0) is 11.3 Å². The summed E-state index contributed by atoms with van der Waals surface area (Å²) in [6, 6.07) is 13.8. The van der Waals surface area contributed by atoms with E-state index in [9.17, 15) is 14.9 Å². The molecule has 1 atom stereocenters. The molecule has 0 aliphatic heterocycles. The summed E-state index contributed by atoms with van der Waals surface area (Å²) in [5, 5.41) is 13.9. The number of hydrogen-bond acceptors (Lipinski definition) is 5. The number of para-hydroxylation sites is 4. The highest BCUT2D eigenvalue weighted by Gasteiger charge is 2.22. The average Bonchev–Trinajstić information content (AvgIpc) is 2.99. The predicted molar refractivity (Wildman–Crippen MR) is 107 cm³/mol. The Hall–Kier alpha value is -3.13. The van der Waals surface area contributed by atoms with Crippen LogP contribution in [0.3, 0.4) is 0 Å². The molecule has 0 saturated carbocycles. The number of allylic oxidation sites excluding steroid dienone is 1. The van der Waals surface area contributed by atoms with Gasteiger partial charge in [0.15, 0.2) is 5.16 Å². The lowest BCUT2D eigenvalue weighted by atomic mass is 10.2. The third-order valence-corrected chi connectivity index (χ3v) is 5.03. The zero-order chi connectivity index (χ0) is 19.4. The maximum Gasteiger partial charge on any atom is 0.292 e. The van der Waals surface area contributed by atoms with Gasteiger partial charge in [-0.05, 0) is 25.1 Å². The summed E-state index contributed by atoms with van der Waals surface area (Å²) in [5.74, 6) is -0.327. The number of thioether (sulfide) groups is 1. The van der Waals surface area contributed by atoms with Gasteiger partial charge in [-0.1, -0.05) is 42.1 Å². The highest BCUT2D eigenvalue weighted by Crippen LogP contribution is 2.29. The monoisotopic (exact) mass is 382 g/mol. The van der Waals surface area contributed by atoms with Gasteiger partial charge in [0.2, 0.25) is 5.91 Å². The lowest BCUT2D eigenvalue weighted by molar-refractivity contribution is -0.383. The number of nitro groups is 1. The van der Waals surface area contributed by atoms with Crippen LogP contribution in [0.1, 0.15) is 6.92 Å². The van der Waals surface area contributed by atoms with Crippen molar-refractivity contribution < 1.29 is 9.72 Å². The third-order valence-electron chi connectivity index (χ3n) is 3.94. The Bertz CT molecular complexity index is 1020. The molecule has 0 bridgehead atoms. The molecule has 8 heteroatoms. The summed E-state index contributed by atoms with van der Waals surface area (Å²) in [4.78, 5) is 27.8. The first-order chi connectivity index (χ1) is 13.0. The molecule has 1 unspecified atom stereocenters. The van der Waals surface area contributed by atoms with E-state index in [-0.39, 0.29) is 17.3 Å². The first-order valence-electron chi connectivity index (χ1n) is 8.28. The number of aromatic nitrogens is 2. The lowest BCUT2D eigenvalue weighted by Gasteiger charge is -2.13. The van der Waals surface area contributed by atoms with Crippen LogP contribution in [0, 0.1) is 10.1 Å². The van der Waals surface area contributed by atoms with E-state index in [1.165, 1.54) is 23.9 Å². The van der Waals surface area contributed by atoms with Crippen LogP contribution < -0.4 is 5.32 Å². The van der Waals surface area contributed by atoms with Crippen LogP contribution in [-0.4, -0.2) is 25.6 Å². The minimum atomic E-state index is -0.517. The molecule has 0 aliphatic rings. The summed E-state index contributed by atoms with van der Waals surface area (Å²) in [6.07, 6.45) is 1.77. The Morgan fingerprint density at radius 2 is 2.04 bits per heavy atom. The number of hydrogen-bond donors (Lipinski definition) is 1. The van der Waals surface area contributed by atoms with Crippen molar-refractivity contribution >= 4 is 40.1 Å². The molecule has 2 aromatic carbocycles. The second kappa shape index (κ2) is 8.05. The largest absolute Gasteiger partial charge is 0.319 e. The number of benzene rings is 2. The van der Waals surface area contributed by atoms with E-state index >= 15 is 0 Å². The quantitative estimate of drug-likeness (QED) is 0.285. The predicted octanol–water partition coefficient (Wildman–Crippen LogP) is 4.25. The molecular weight excluding hydrogens is 364 g/mol. The number of nitrogens with zero attached hydrogens (tertiary/aromatic N) is 3. The number of carbonyl (C=O) groups excluding carboxylic acids is 1. The van der Waals surface area contributed by atoms with Gasteiger partial charge in [0, 0.05) is 12.6 Å². The molecule has 0 radical (unpaired) electrons. The van der Waals surface area contributed by atoms with Crippen molar-refractivity contribution in [3.05, 3.63) is 71.3 Å². The normalized spacial score (nSPS) is 11.9. The SMILES string of the molecule is C=CCn1c(SC(C)C(=O)Nc2ccccc2[N+](=O)[O-])nc2ccccc21. The molecule has 1 N–H and O–H groups in total. The molecule has 0 aliphatic carbocycles. The Kier molecular flexibility index (Phi) is 5.56. The molecule has 3 aromatic rings. The molecule has 1 amide bonds. The molecule has 0 saturated heterocycles. The van der Waals surface area contributed by atoms with Crippen LogP contribution in [0.5, 0.6) is 0 Å². The molecule has 7 nitrogen and oxygen atoms in total. The van der Waals surface area contributed by atoms with Crippen LogP contribution in [0.2, 0.25) is 0 Å². The molecule has 1 heterocycles. The molecular formula is C19H18N4O3S. The molecule has 27 heavy (non-hydrogen) atoms. The summed E-state index contributed by atoms with van der Waals surface area (Å²) < 4.78 is 1.99. The zero-order valence-electron chi connectivity index (χ0n) is 14.7. The highest BCUT2D eigenvalue weighted by atomic mass is 32.2. The van der Waals surface area contributed by atoms with Gasteiger partial charge in [-0.2, -0.15) is 0 Å². The lowest BCUT2D eigenvalue weighted by Crippen LogP contribution is -2.23. The van der Waals surface area contributed by atoms with Gasteiger partial charge in [0.1, 0.15) is 5.69 Å². The van der Waals surface area contributed by atoms with E-state index in [1.807, 2.05) is 28.8 Å². The number of imidazole rings is 1. The van der Waals surface area contributed by atoms with Crippen molar-refractivity contribution in [2.45, 2.75) is 23.9 Å². The minimum absolute atomic E-state index is 0.137. The van der Waals surface area contributed by atoms with E-state index in [2.05, 4.69) is 16.9 Å². The van der Waals surface area contributed by atoms with Crippen LogP contribution in [0.25, 0.3) is 11.0 Å². The summed E-state index contributed by atoms with van der Waals surface area (Å²) in [5.41, 5.74) is 1.85.